The maximum absolute atomic E-state index is 4.40. The highest BCUT2D eigenvalue weighted by Gasteiger charge is 2.26. The SMILES string of the molecule is CN=C(NCc1nnc2ccccn12)NC1CCN(Cc2ccccc2)C(C)C1.I. The molecule has 1 aromatic carbocycles. The summed E-state index contributed by atoms with van der Waals surface area (Å²) in [5, 5.41) is 15.4. The molecule has 1 saturated heterocycles. The average Bonchev–Trinajstić information content (AvgIpc) is 3.17. The van der Waals surface area contributed by atoms with Crippen molar-refractivity contribution in [1.29, 1.82) is 0 Å². The second kappa shape index (κ2) is 10.7. The molecular formula is C22H30IN7. The number of fused-ring (bicyclic) bond motifs is 1. The molecule has 2 atom stereocenters. The second-order valence-electron chi connectivity index (χ2n) is 7.64. The molecule has 2 N–H and O–H groups in total. The van der Waals surface area contributed by atoms with Gasteiger partial charge >= 0.3 is 0 Å². The van der Waals surface area contributed by atoms with Gasteiger partial charge in [-0.2, -0.15) is 0 Å². The van der Waals surface area contributed by atoms with Crippen LogP contribution in [0.15, 0.2) is 59.7 Å². The topological polar surface area (TPSA) is 69.8 Å². The minimum Gasteiger partial charge on any atom is -0.354 e. The van der Waals surface area contributed by atoms with Gasteiger partial charge in [-0.1, -0.05) is 36.4 Å². The van der Waals surface area contributed by atoms with Crippen LogP contribution in [0.2, 0.25) is 0 Å². The quantitative estimate of drug-likeness (QED) is 0.308. The van der Waals surface area contributed by atoms with Crippen molar-refractivity contribution in [3.63, 3.8) is 0 Å². The first-order chi connectivity index (χ1) is 14.2. The lowest BCUT2D eigenvalue weighted by atomic mass is 9.97. The molecule has 0 saturated carbocycles. The van der Waals surface area contributed by atoms with E-state index in [4.69, 9.17) is 0 Å². The number of guanidine groups is 1. The number of hydrogen-bond donors (Lipinski definition) is 2. The molecule has 0 amide bonds. The number of rotatable bonds is 5. The fourth-order valence-corrected chi connectivity index (χ4v) is 3.97. The number of benzene rings is 1. The number of likely N-dealkylation sites (tertiary alicyclic amines) is 1. The van der Waals surface area contributed by atoms with Crippen LogP contribution in [0.5, 0.6) is 0 Å². The number of nitrogens with zero attached hydrogens (tertiary/aromatic N) is 5. The summed E-state index contributed by atoms with van der Waals surface area (Å²) in [6, 6.07) is 17.6. The number of aliphatic imine (C=N–C) groups is 1. The molecule has 160 valence electrons. The predicted octanol–water partition coefficient (Wildman–Crippen LogP) is 3.07. The molecule has 2 aromatic heterocycles. The van der Waals surface area contributed by atoms with Crippen molar-refractivity contribution >= 4 is 35.6 Å². The van der Waals surface area contributed by atoms with Crippen LogP contribution in [0.1, 0.15) is 31.2 Å². The molecule has 0 spiro atoms. The van der Waals surface area contributed by atoms with Gasteiger partial charge < -0.3 is 10.6 Å². The number of halogens is 1. The normalized spacial score (nSPS) is 20.0. The molecule has 2 unspecified atom stereocenters. The predicted molar refractivity (Wildman–Crippen MR) is 131 cm³/mol. The Bertz CT molecular complexity index is 956. The lowest BCUT2D eigenvalue weighted by Gasteiger charge is -2.38. The summed E-state index contributed by atoms with van der Waals surface area (Å²) in [5.41, 5.74) is 2.23. The second-order valence-corrected chi connectivity index (χ2v) is 7.64. The molecule has 3 aromatic rings. The van der Waals surface area contributed by atoms with Gasteiger partial charge in [0.05, 0.1) is 6.54 Å². The summed E-state index contributed by atoms with van der Waals surface area (Å²) >= 11 is 0. The standard InChI is InChI=1S/C22H29N7.HI/c1-17-14-19(11-13-28(17)16-18-8-4-3-5-9-18)25-22(23-2)24-15-21-27-26-20-10-6-7-12-29(20)21;/h3-10,12,17,19H,11,13-16H2,1-2H3,(H2,23,24,25);1H. The van der Waals surface area contributed by atoms with E-state index in [-0.39, 0.29) is 24.0 Å². The van der Waals surface area contributed by atoms with Gasteiger partial charge in [0.1, 0.15) is 0 Å². The fraction of sp³-hybridized carbons (Fsp3) is 0.409. The van der Waals surface area contributed by atoms with E-state index in [2.05, 4.69) is 68.0 Å². The number of nitrogens with one attached hydrogen (secondary N) is 2. The Labute approximate surface area is 195 Å². The Morgan fingerprint density at radius 3 is 2.70 bits per heavy atom. The van der Waals surface area contributed by atoms with E-state index in [9.17, 15) is 0 Å². The number of aromatic nitrogens is 3. The van der Waals surface area contributed by atoms with Crippen molar-refractivity contribution in [2.45, 2.75) is 44.9 Å². The summed E-state index contributed by atoms with van der Waals surface area (Å²) < 4.78 is 1.99. The van der Waals surface area contributed by atoms with Gasteiger partial charge in [-0.3, -0.25) is 14.3 Å². The lowest BCUT2D eigenvalue weighted by Crippen LogP contribution is -2.51. The molecule has 1 fully saturated rings. The molecule has 7 nitrogen and oxygen atoms in total. The number of pyridine rings is 1. The molecule has 8 heteroatoms. The van der Waals surface area contributed by atoms with E-state index in [1.54, 1.807) is 0 Å². The van der Waals surface area contributed by atoms with Gasteiger partial charge in [0.2, 0.25) is 0 Å². The summed E-state index contributed by atoms with van der Waals surface area (Å²) in [6.07, 6.45) is 4.18. The average molecular weight is 519 g/mol. The largest absolute Gasteiger partial charge is 0.354 e. The molecule has 0 bridgehead atoms. The molecule has 0 radical (unpaired) electrons. The number of piperidine rings is 1. The summed E-state index contributed by atoms with van der Waals surface area (Å²) in [4.78, 5) is 6.96. The van der Waals surface area contributed by atoms with Gasteiger partial charge in [0.25, 0.3) is 0 Å². The molecule has 0 aliphatic carbocycles. The maximum atomic E-state index is 4.40. The third-order valence-corrected chi connectivity index (χ3v) is 5.60. The molecule has 1 aliphatic rings. The van der Waals surface area contributed by atoms with Crippen molar-refractivity contribution in [3.8, 4) is 0 Å². The fourth-order valence-electron chi connectivity index (χ4n) is 3.97. The van der Waals surface area contributed by atoms with E-state index in [1.165, 1.54) is 5.56 Å². The van der Waals surface area contributed by atoms with Crippen molar-refractivity contribution in [1.82, 2.24) is 30.1 Å². The van der Waals surface area contributed by atoms with Gasteiger partial charge in [-0.15, -0.1) is 34.2 Å². The highest BCUT2D eigenvalue weighted by Crippen LogP contribution is 2.20. The van der Waals surface area contributed by atoms with E-state index in [1.807, 2.05) is 35.8 Å². The van der Waals surface area contributed by atoms with Crippen LogP contribution in [-0.2, 0) is 13.1 Å². The molecule has 1 aliphatic heterocycles. The third-order valence-electron chi connectivity index (χ3n) is 5.60. The van der Waals surface area contributed by atoms with Crippen LogP contribution >= 0.6 is 24.0 Å². The van der Waals surface area contributed by atoms with Crippen LogP contribution in [0.25, 0.3) is 5.65 Å². The summed E-state index contributed by atoms with van der Waals surface area (Å²) in [5.74, 6) is 1.68. The monoisotopic (exact) mass is 519 g/mol. The highest BCUT2D eigenvalue weighted by molar-refractivity contribution is 14.0. The van der Waals surface area contributed by atoms with Gasteiger partial charge in [-0.25, -0.2) is 0 Å². The molecule has 3 heterocycles. The zero-order chi connectivity index (χ0) is 20.1. The lowest BCUT2D eigenvalue weighted by molar-refractivity contribution is 0.134. The maximum Gasteiger partial charge on any atom is 0.191 e. The summed E-state index contributed by atoms with van der Waals surface area (Å²) in [7, 11) is 1.81. The minimum absolute atomic E-state index is 0. The van der Waals surface area contributed by atoms with E-state index in [0.717, 1.165) is 43.4 Å². The first-order valence-corrected chi connectivity index (χ1v) is 10.3. The Kier molecular flexibility index (Phi) is 8.03. The van der Waals surface area contributed by atoms with Crippen molar-refractivity contribution in [2.24, 2.45) is 4.99 Å². The van der Waals surface area contributed by atoms with Crippen molar-refractivity contribution < 1.29 is 0 Å². The highest BCUT2D eigenvalue weighted by atomic mass is 127. The first kappa shape index (κ1) is 22.5. The number of hydrogen-bond acceptors (Lipinski definition) is 4. The van der Waals surface area contributed by atoms with E-state index < -0.39 is 0 Å². The van der Waals surface area contributed by atoms with Gasteiger partial charge in [-0.05, 0) is 37.5 Å². The van der Waals surface area contributed by atoms with E-state index >= 15 is 0 Å². The van der Waals surface area contributed by atoms with Crippen LogP contribution in [-0.4, -0.2) is 51.1 Å². The summed E-state index contributed by atoms with van der Waals surface area (Å²) in [6.45, 7) is 4.99. The molecular weight excluding hydrogens is 489 g/mol. The van der Waals surface area contributed by atoms with Crippen LogP contribution in [0.4, 0.5) is 0 Å². The van der Waals surface area contributed by atoms with Crippen molar-refractivity contribution in [3.05, 3.63) is 66.1 Å². The van der Waals surface area contributed by atoms with Crippen LogP contribution in [0.3, 0.4) is 0 Å². The Morgan fingerprint density at radius 2 is 1.93 bits per heavy atom. The molecule has 30 heavy (non-hydrogen) atoms. The van der Waals surface area contributed by atoms with E-state index in [0.29, 0.717) is 18.6 Å². The molecule has 4 rings (SSSR count). The zero-order valence-corrected chi connectivity index (χ0v) is 19.9. The van der Waals surface area contributed by atoms with Gasteiger partial charge in [0, 0.05) is 38.4 Å². The van der Waals surface area contributed by atoms with Gasteiger partial charge in [0.15, 0.2) is 17.4 Å². The van der Waals surface area contributed by atoms with Crippen LogP contribution in [0, 0.1) is 0 Å². The smallest absolute Gasteiger partial charge is 0.191 e. The van der Waals surface area contributed by atoms with Crippen LogP contribution < -0.4 is 10.6 Å². The minimum atomic E-state index is 0. The Morgan fingerprint density at radius 1 is 1.13 bits per heavy atom. The zero-order valence-electron chi connectivity index (χ0n) is 17.5. The Balaban J connectivity index is 0.00000256. The first-order valence-electron chi connectivity index (χ1n) is 10.3. The Hall–Kier alpha value is -2.20. The third kappa shape index (κ3) is 5.48. The van der Waals surface area contributed by atoms with Crippen molar-refractivity contribution in [2.75, 3.05) is 13.6 Å².